The van der Waals surface area contributed by atoms with Gasteiger partial charge in [0.05, 0.1) is 0 Å². The molecule has 0 saturated carbocycles. The second kappa shape index (κ2) is 12.1. The zero-order valence-corrected chi connectivity index (χ0v) is 13.8. The molecule has 0 aliphatic rings. The Morgan fingerprint density at radius 1 is 0.955 bits per heavy atom. The van der Waals surface area contributed by atoms with E-state index in [4.69, 9.17) is 5.73 Å². The molecule has 0 fully saturated rings. The predicted molar refractivity (Wildman–Crippen MR) is 85.2 cm³/mol. The van der Waals surface area contributed by atoms with Crippen molar-refractivity contribution in [2.24, 2.45) is 5.73 Å². The summed E-state index contributed by atoms with van der Waals surface area (Å²) in [5.74, 6) is -1.86. The normalized spacial score (nSPS) is 12.0. The number of nitrogens with zero attached hydrogens (tertiary/aromatic N) is 1. The van der Waals surface area contributed by atoms with Crippen molar-refractivity contribution in [3.8, 4) is 0 Å². The number of rotatable bonds is 12. The first-order valence-corrected chi connectivity index (χ1v) is 8.27. The lowest BCUT2D eigenvalue weighted by molar-refractivity contribution is -0.158. The van der Waals surface area contributed by atoms with Gasteiger partial charge in [0, 0.05) is 12.8 Å². The summed E-state index contributed by atoms with van der Waals surface area (Å²) in [7, 11) is 0. The number of carboxylic acid groups (broad SMARTS) is 1. The molecule has 128 valence electrons. The van der Waals surface area contributed by atoms with Crippen molar-refractivity contribution in [3.63, 3.8) is 0 Å². The number of imide groups is 1. The van der Waals surface area contributed by atoms with E-state index < -0.39 is 12.0 Å². The first-order valence-electron chi connectivity index (χ1n) is 8.27. The SMILES string of the molecule is CCCCC(=O)N(C(=O)CCCC)[C@@H](CCCCN)C(=O)O. The lowest BCUT2D eigenvalue weighted by Crippen LogP contribution is -2.48. The number of unbranched alkanes of at least 4 members (excludes halogenated alkanes) is 3. The Kier molecular flexibility index (Phi) is 11.4. The number of carbonyl (C=O) groups is 3. The summed E-state index contributed by atoms with van der Waals surface area (Å²) in [4.78, 5) is 37.1. The summed E-state index contributed by atoms with van der Waals surface area (Å²) >= 11 is 0. The molecule has 3 N–H and O–H groups in total. The second-order valence-electron chi connectivity index (χ2n) is 5.50. The van der Waals surface area contributed by atoms with Crippen LogP contribution in [0.25, 0.3) is 0 Å². The van der Waals surface area contributed by atoms with E-state index in [0.717, 1.165) is 17.7 Å². The van der Waals surface area contributed by atoms with Crippen LogP contribution in [0, 0.1) is 0 Å². The summed E-state index contributed by atoms with van der Waals surface area (Å²) < 4.78 is 0. The first-order chi connectivity index (χ1) is 10.5. The summed E-state index contributed by atoms with van der Waals surface area (Å²) in [6.45, 7) is 4.37. The molecule has 0 aromatic rings. The highest BCUT2D eigenvalue weighted by Gasteiger charge is 2.33. The van der Waals surface area contributed by atoms with Gasteiger partial charge < -0.3 is 10.8 Å². The molecule has 1 atom stereocenters. The van der Waals surface area contributed by atoms with Crippen LogP contribution in [-0.2, 0) is 14.4 Å². The van der Waals surface area contributed by atoms with Gasteiger partial charge in [-0.1, -0.05) is 26.7 Å². The molecule has 0 aromatic heterocycles. The van der Waals surface area contributed by atoms with Crippen LogP contribution in [-0.4, -0.2) is 40.4 Å². The number of amides is 2. The standard InChI is InChI=1S/C16H30N2O4/c1-3-5-10-14(19)18(15(20)11-6-4-2)13(16(21)22)9-7-8-12-17/h13H,3-12,17H2,1-2H3,(H,21,22)/t13-/m0/s1. The van der Waals surface area contributed by atoms with Crippen molar-refractivity contribution >= 4 is 17.8 Å². The number of aliphatic carboxylic acids is 1. The van der Waals surface area contributed by atoms with E-state index in [9.17, 15) is 19.5 Å². The van der Waals surface area contributed by atoms with E-state index in [1.165, 1.54) is 0 Å². The Labute approximate surface area is 133 Å². The molecule has 0 heterocycles. The van der Waals surface area contributed by atoms with Gasteiger partial charge in [-0.2, -0.15) is 0 Å². The van der Waals surface area contributed by atoms with Crippen molar-refractivity contribution in [2.45, 2.75) is 77.7 Å². The molecule has 2 amide bonds. The maximum atomic E-state index is 12.3. The Morgan fingerprint density at radius 2 is 1.45 bits per heavy atom. The molecular formula is C16H30N2O4. The third kappa shape index (κ3) is 7.54. The lowest BCUT2D eigenvalue weighted by Gasteiger charge is -2.27. The van der Waals surface area contributed by atoms with Crippen LogP contribution in [0.1, 0.15) is 71.6 Å². The molecule has 22 heavy (non-hydrogen) atoms. The second-order valence-corrected chi connectivity index (χ2v) is 5.50. The van der Waals surface area contributed by atoms with Gasteiger partial charge in [-0.3, -0.25) is 14.5 Å². The Bertz CT molecular complexity index is 338. The smallest absolute Gasteiger partial charge is 0.326 e. The molecule has 0 spiro atoms. The van der Waals surface area contributed by atoms with Gasteiger partial charge in [0.15, 0.2) is 0 Å². The molecule has 0 rings (SSSR count). The highest BCUT2D eigenvalue weighted by atomic mass is 16.4. The maximum absolute atomic E-state index is 12.3. The molecule has 6 nitrogen and oxygen atoms in total. The van der Waals surface area contributed by atoms with E-state index in [0.29, 0.717) is 32.2 Å². The minimum atomic E-state index is -1.12. The fourth-order valence-corrected chi connectivity index (χ4v) is 2.23. The monoisotopic (exact) mass is 314 g/mol. The van der Waals surface area contributed by atoms with Crippen molar-refractivity contribution < 1.29 is 19.5 Å². The van der Waals surface area contributed by atoms with Gasteiger partial charge in [-0.25, -0.2) is 4.79 Å². The van der Waals surface area contributed by atoms with Crippen LogP contribution in [0.2, 0.25) is 0 Å². The number of hydrogen-bond acceptors (Lipinski definition) is 4. The molecular weight excluding hydrogens is 284 g/mol. The number of hydrogen-bond donors (Lipinski definition) is 2. The highest BCUT2D eigenvalue weighted by Crippen LogP contribution is 2.15. The van der Waals surface area contributed by atoms with Gasteiger partial charge in [-0.05, 0) is 38.6 Å². The van der Waals surface area contributed by atoms with Gasteiger partial charge in [0.1, 0.15) is 6.04 Å². The van der Waals surface area contributed by atoms with Crippen LogP contribution in [0.4, 0.5) is 0 Å². The molecule has 0 saturated heterocycles. The van der Waals surface area contributed by atoms with E-state index in [1.54, 1.807) is 0 Å². The quantitative estimate of drug-likeness (QED) is 0.538. The summed E-state index contributed by atoms with van der Waals surface area (Å²) in [5, 5.41) is 9.41. The number of carboxylic acids is 1. The minimum Gasteiger partial charge on any atom is -0.480 e. The van der Waals surface area contributed by atoms with Crippen LogP contribution in [0.15, 0.2) is 0 Å². The molecule has 0 unspecified atom stereocenters. The fourth-order valence-electron chi connectivity index (χ4n) is 2.23. The number of nitrogens with two attached hydrogens (primary N) is 1. The minimum absolute atomic E-state index is 0.217. The molecule has 0 radical (unpaired) electrons. The van der Waals surface area contributed by atoms with Gasteiger partial charge in [0.2, 0.25) is 11.8 Å². The van der Waals surface area contributed by atoms with Crippen molar-refractivity contribution in [1.82, 2.24) is 4.90 Å². The lowest BCUT2D eigenvalue weighted by atomic mass is 10.1. The Balaban J connectivity index is 5.06. The zero-order valence-electron chi connectivity index (χ0n) is 13.8. The summed E-state index contributed by atoms with van der Waals surface area (Å²) in [6, 6.07) is -1.07. The van der Waals surface area contributed by atoms with Gasteiger partial charge in [-0.15, -0.1) is 0 Å². The number of carbonyl (C=O) groups excluding carboxylic acids is 2. The summed E-state index contributed by atoms with van der Waals surface area (Å²) in [5.41, 5.74) is 5.42. The van der Waals surface area contributed by atoms with Crippen molar-refractivity contribution in [1.29, 1.82) is 0 Å². The molecule has 0 aliphatic carbocycles. The largest absolute Gasteiger partial charge is 0.480 e. The van der Waals surface area contributed by atoms with Crippen LogP contribution < -0.4 is 5.73 Å². The van der Waals surface area contributed by atoms with E-state index in [2.05, 4.69) is 0 Å². The molecule has 0 aromatic carbocycles. The molecule has 0 aliphatic heterocycles. The third-order valence-corrected chi connectivity index (χ3v) is 3.55. The van der Waals surface area contributed by atoms with Crippen molar-refractivity contribution in [3.05, 3.63) is 0 Å². The van der Waals surface area contributed by atoms with Gasteiger partial charge >= 0.3 is 5.97 Å². The van der Waals surface area contributed by atoms with Crippen LogP contribution in [0.5, 0.6) is 0 Å². The fraction of sp³-hybridized carbons (Fsp3) is 0.812. The third-order valence-electron chi connectivity index (χ3n) is 3.55. The topological polar surface area (TPSA) is 101 Å². The van der Waals surface area contributed by atoms with Crippen molar-refractivity contribution in [2.75, 3.05) is 6.54 Å². The van der Waals surface area contributed by atoms with E-state index in [-0.39, 0.29) is 31.1 Å². The zero-order chi connectivity index (χ0) is 17.0. The average Bonchev–Trinajstić information content (AvgIpc) is 2.49. The maximum Gasteiger partial charge on any atom is 0.326 e. The first kappa shape index (κ1) is 20.6. The van der Waals surface area contributed by atoms with E-state index in [1.807, 2.05) is 13.8 Å². The molecule has 0 bridgehead atoms. The Hall–Kier alpha value is -1.43. The van der Waals surface area contributed by atoms with Crippen LogP contribution >= 0.6 is 0 Å². The predicted octanol–water partition coefficient (Wildman–Crippen LogP) is 2.30. The molecule has 6 heteroatoms. The summed E-state index contributed by atoms with van der Waals surface area (Å²) in [6.07, 6.45) is 4.95. The van der Waals surface area contributed by atoms with Gasteiger partial charge in [0.25, 0.3) is 0 Å². The average molecular weight is 314 g/mol. The van der Waals surface area contributed by atoms with E-state index >= 15 is 0 Å². The Morgan fingerprint density at radius 3 is 1.82 bits per heavy atom. The van der Waals surface area contributed by atoms with Crippen LogP contribution in [0.3, 0.4) is 0 Å². The highest BCUT2D eigenvalue weighted by molar-refractivity contribution is 5.99.